The van der Waals surface area contributed by atoms with Crippen molar-refractivity contribution in [1.29, 1.82) is 0 Å². The number of methoxy groups -OCH3 is 2. The van der Waals surface area contributed by atoms with Gasteiger partial charge in [0.2, 0.25) is 0 Å². The van der Waals surface area contributed by atoms with Crippen LogP contribution in [0.1, 0.15) is 40.6 Å². The lowest BCUT2D eigenvalue weighted by Crippen LogP contribution is -2.30. The number of aryl methyl sites for hydroxylation is 2. The van der Waals surface area contributed by atoms with Crippen molar-refractivity contribution in [3.05, 3.63) is 89.0 Å². The van der Waals surface area contributed by atoms with E-state index in [9.17, 15) is 8.42 Å². The molecule has 6 nitrogen and oxygen atoms in total. The Bertz CT molecular complexity index is 1410. The minimum atomic E-state index is -3.80. The highest BCUT2D eigenvalue weighted by Gasteiger charge is 2.39. The Balaban J connectivity index is 1.48. The lowest BCUT2D eigenvalue weighted by molar-refractivity contribution is 0.355. The molecule has 5 rings (SSSR count). The van der Waals surface area contributed by atoms with Crippen LogP contribution >= 0.6 is 0 Å². The van der Waals surface area contributed by atoms with Crippen LogP contribution < -0.4 is 19.5 Å². The Kier molecular flexibility index (Phi) is 5.97. The predicted octanol–water partition coefficient (Wildman–Crippen LogP) is 5.95. The third kappa shape index (κ3) is 4.25. The fourth-order valence-electron chi connectivity index (χ4n) is 5.26. The van der Waals surface area contributed by atoms with Gasteiger partial charge in [0.05, 0.1) is 30.8 Å². The van der Waals surface area contributed by atoms with Gasteiger partial charge < -0.3 is 14.8 Å². The van der Waals surface area contributed by atoms with Crippen molar-refractivity contribution in [1.82, 2.24) is 0 Å². The number of nitrogens with one attached hydrogen (secondary N) is 2. The second-order valence-electron chi connectivity index (χ2n) is 9.26. The molecular formula is C28H30N2O4S. The van der Waals surface area contributed by atoms with Crippen LogP contribution in [0.5, 0.6) is 11.5 Å². The molecule has 0 bridgehead atoms. The normalized spacial score (nSPS) is 20.5. The summed E-state index contributed by atoms with van der Waals surface area (Å²) in [7, 11) is -0.739. The molecule has 3 atom stereocenters. The van der Waals surface area contributed by atoms with Crippen molar-refractivity contribution in [2.75, 3.05) is 24.3 Å². The van der Waals surface area contributed by atoms with Crippen molar-refractivity contribution in [3.8, 4) is 11.5 Å². The molecule has 0 radical (unpaired) electrons. The van der Waals surface area contributed by atoms with Crippen molar-refractivity contribution >= 4 is 21.4 Å². The molecule has 7 heteroatoms. The average Bonchev–Trinajstić information content (AvgIpc) is 3.35. The summed E-state index contributed by atoms with van der Waals surface area (Å²) in [6.07, 6.45) is 5.39. The van der Waals surface area contributed by atoms with Crippen LogP contribution in [0.4, 0.5) is 11.4 Å². The third-order valence-electron chi connectivity index (χ3n) is 7.05. The Morgan fingerprint density at radius 1 is 0.914 bits per heavy atom. The molecule has 0 spiro atoms. The van der Waals surface area contributed by atoms with E-state index in [-0.39, 0.29) is 16.9 Å². The third-order valence-corrected chi connectivity index (χ3v) is 8.43. The molecule has 0 saturated heterocycles. The molecule has 1 aliphatic heterocycles. The first-order valence-electron chi connectivity index (χ1n) is 11.7. The molecule has 0 fully saturated rings. The molecule has 0 saturated carbocycles. The minimum Gasteiger partial charge on any atom is -0.493 e. The smallest absolute Gasteiger partial charge is 0.261 e. The lowest BCUT2D eigenvalue weighted by atomic mass is 9.76. The quantitative estimate of drug-likeness (QED) is 0.418. The van der Waals surface area contributed by atoms with Crippen LogP contribution in [-0.4, -0.2) is 22.6 Å². The molecule has 0 unspecified atom stereocenters. The highest BCUT2D eigenvalue weighted by molar-refractivity contribution is 7.92. The van der Waals surface area contributed by atoms with E-state index in [1.165, 1.54) is 23.8 Å². The van der Waals surface area contributed by atoms with Gasteiger partial charge in [0, 0.05) is 17.7 Å². The zero-order valence-electron chi connectivity index (χ0n) is 20.3. The number of sulfonamides is 1. The van der Waals surface area contributed by atoms with Crippen LogP contribution in [-0.2, 0) is 10.0 Å². The summed E-state index contributed by atoms with van der Waals surface area (Å²) in [4.78, 5) is 0.233. The van der Waals surface area contributed by atoms with Gasteiger partial charge in [-0.3, -0.25) is 4.72 Å². The second kappa shape index (κ2) is 8.96. The number of anilines is 2. The number of hydrogen-bond acceptors (Lipinski definition) is 5. The van der Waals surface area contributed by atoms with Crippen LogP contribution in [0.2, 0.25) is 0 Å². The fourth-order valence-corrected chi connectivity index (χ4v) is 6.34. The Morgan fingerprint density at radius 2 is 1.71 bits per heavy atom. The molecule has 0 aromatic heterocycles. The van der Waals surface area contributed by atoms with E-state index in [1.807, 2.05) is 6.07 Å². The SMILES string of the molecule is COc1ccc(NS(=O)(=O)c2ccc3c(c2)[C@H]2C=CC[C@H]2[C@@H](c2cc(C)ccc2C)N3)cc1OC. The maximum Gasteiger partial charge on any atom is 0.261 e. The number of rotatable bonds is 6. The number of allylic oxidation sites excluding steroid dienone is 2. The largest absolute Gasteiger partial charge is 0.493 e. The highest BCUT2D eigenvalue weighted by atomic mass is 32.2. The van der Waals surface area contributed by atoms with Gasteiger partial charge in [-0.25, -0.2) is 8.42 Å². The van der Waals surface area contributed by atoms with Gasteiger partial charge in [0.1, 0.15) is 0 Å². The molecule has 182 valence electrons. The van der Waals surface area contributed by atoms with E-state index in [0.29, 0.717) is 23.1 Å². The standard InChI is InChI=1S/C28H30N2O4S/c1-17-8-9-18(2)23(14-17)28-22-7-5-6-21(22)24-16-20(11-12-25(24)29-28)35(31,32)30-19-10-13-26(33-3)27(15-19)34-4/h5-6,8-16,21-22,28-30H,7H2,1-4H3/t21-,22+,28-/m0/s1. The van der Waals surface area contributed by atoms with Gasteiger partial charge in [0.25, 0.3) is 10.0 Å². The topological polar surface area (TPSA) is 76.7 Å². The fraction of sp³-hybridized carbons (Fsp3) is 0.286. The summed E-state index contributed by atoms with van der Waals surface area (Å²) in [5, 5.41) is 3.72. The summed E-state index contributed by atoms with van der Waals surface area (Å²) in [6.45, 7) is 4.27. The van der Waals surface area contributed by atoms with Crippen molar-refractivity contribution in [2.24, 2.45) is 5.92 Å². The van der Waals surface area contributed by atoms with E-state index in [0.717, 1.165) is 17.7 Å². The number of ether oxygens (including phenoxy) is 2. The average molecular weight is 491 g/mol. The summed E-state index contributed by atoms with van der Waals surface area (Å²) in [6, 6.07) is 17.1. The van der Waals surface area contributed by atoms with Gasteiger partial charge in [0.15, 0.2) is 11.5 Å². The molecular weight excluding hydrogens is 460 g/mol. The van der Waals surface area contributed by atoms with Gasteiger partial charge >= 0.3 is 0 Å². The van der Waals surface area contributed by atoms with Gasteiger partial charge in [-0.05, 0) is 73.2 Å². The van der Waals surface area contributed by atoms with E-state index < -0.39 is 10.0 Å². The van der Waals surface area contributed by atoms with E-state index in [2.05, 4.69) is 54.2 Å². The van der Waals surface area contributed by atoms with Crippen LogP contribution in [0.25, 0.3) is 0 Å². The Labute approximate surface area is 207 Å². The first-order valence-corrected chi connectivity index (χ1v) is 13.2. The zero-order chi connectivity index (χ0) is 24.7. The summed E-state index contributed by atoms with van der Waals surface area (Å²) in [5.41, 5.74) is 6.21. The minimum absolute atomic E-state index is 0.160. The molecule has 35 heavy (non-hydrogen) atoms. The molecule has 2 N–H and O–H groups in total. The molecule has 1 aliphatic carbocycles. The number of fused-ring (bicyclic) bond motifs is 3. The number of hydrogen-bond donors (Lipinski definition) is 2. The molecule has 3 aromatic carbocycles. The molecule has 1 heterocycles. The van der Waals surface area contributed by atoms with Gasteiger partial charge in [-0.15, -0.1) is 0 Å². The van der Waals surface area contributed by atoms with E-state index >= 15 is 0 Å². The monoisotopic (exact) mass is 490 g/mol. The van der Waals surface area contributed by atoms with E-state index in [4.69, 9.17) is 9.47 Å². The Hall–Kier alpha value is -3.45. The van der Waals surface area contributed by atoms with Crippen LogP contribution in [0.3, 0.4) is 0 Å². The first-order chi connectivity index (χ1) is 16.8. The zero-order valence-corrected chi connectivity index (χ0v) is 21.1. The summed E-state index contributed by atoms with van der Waals surface area (Å²) in [5.74, 6) is 1.48. The predicted molar refractivity (Wildman–Crippen MR) is 139 cm³/mol. The van der Waals surface area contributed by atoms with Crippen LogP contribution in [0.15, 0.2) is 71.6 Å². The van der Waals surface area contributed by atoms with Crippen molar-refractivity contribution in [2.45, 2.75) is 37.1 Å². The maximum atomic E-state index is 13.3. The van der Waals surface area contributed by atoms with E-state index in [1.54, 1.807) is 37.4 Å². The van der Waals surface area contributed by atoms with Gasteiger partial charge in [-0.2, -0.15) is 0 Å². The van der Waals surface area contributed by atoms with Crippen molar-refractivity contribution in [3.63, 3.8) is 0 Å². The Morgan fingerprint density at radius 3 is 2.49 bits per heavy atom. The maximum absolute atomic E-state index is 13.3. The molecule has 3 aromatic rings. The first kappa shape index (κ1) is 23.3. The van der Waals surface area contributed by atoms with Gasteiger partial charge in [-0.1, -0.05) is 35.9 Å². The molecule has 2 aliphatic rings. The van der Waals surface area contributed by atoms with Crippen LogP contribution in [0, 0.1) is 19.8 Å². The lowest BCUT2D eigenvalue weighted by Gasteiger charge is -2.38. The summed E-state index contributed by atoms with van der Waals surface area (Å²) >= 11 is 0. The second-order valence-corrected chi connectivity index (χ2v) is 10.9. The highest BCUT2D eigenvalue weighted by Crippen LogP contribution is 2.50. The molecule has 0 amide bonds. The van der Waals surface area contributed by atoms with Crippen molar-refractivity contribution < 1.29 is 17.9 Å². The summed E-state index contributed by atoms with van der Waals surface area (Å²) < 4.78 is 39.8. The number of benzene rings is 3.